The summed E-state index contributed by atoms with van der Waals surface area (Å²) in [5.41, 5.74) is 3.37. The van der Waals surface area contributed by atoms with Crippen molar-refractivity contribution in [3.63, 3.8) is 0 Å². The van der Waals surface area contributed by atoms with Gasteiger partial charge < -0.3 is 20.3 Å². The minimum atomic E-state index is -0.935. The maximum Gasteiger partial charge on any atom is 0.262 e. The van der Waals surface area contributed by atoms with E-state index in [1.165, 1.54) is 17.6 Å². The molecule has 1 aromatic carbocycles. The van der Waals surface area contributed by atoms with E-state index in [-0.39, 0.29) is 17.6 Å². The molecule has 2 heterocycles. The van der Waals surface area contributed by atoms with Crippen molar-refractivity contribution in [1.29, 1.82) is 0 Å². The molecular formula is C21H22BrN5O5S. The van der Waals surface area contributed by atoms with Gasteiger partial charge in [-0.05, 0) is 78.0 Å². The fourth-order valence-electron chi connectivity index (χ4n) is 3.84. The molecule has 0 spiro atoms. The summed E-state index contributed by atoms with van der Waals surface area (Å²) >= 11 is 4.66. The second-order valence-electron chi connectivity index (χ2n) is 7.84. The Morgan fingerprint density at radius 1 is 1.27 bits per heavy atom. The lowest BCUT2D eigenvalue weighted by Crippen LogP contribution is -2.61. The summed E-state index contributed by atoms with van der Waals surface area (Å²) in [7, 11) is 0. The summed E-state index contributed by atoms with van der Waals surface area (Å²) in [5, 5.41) is 16.1. The number of ether oxygens (including phenoxy) is 1. The van der Waals surface area contributed by atoms with Gasteiger partial charge in [0.1, 0.15) is 18.4 Å². The minimum absolute atomic E-state index is 0.225. The number of nitro groups is 1. The highest BCUT2D eigenvalue weighted by Crippen LogP contribution is 2.35. The number of nitrogens with one attached hydrogen (secondary N) is 3. The number of carbonyl (C=O) groups excluding carboxylic acids is 2. The Morgan fingerprint density at radius 2 is 2.06 bits per heavy atom. The largest absolute Gasteiger partial charge is 0.495 e. The number of hydrogen-bond acceptors (Lipinski definition) is 7. The highest BCUT2D eigenvalue weighted by molar-refractivity contribution is 9.11. The molecule has 1 saturated carbocycles. The van der Waals surface area contributed by atoms with Crippen molar-refractivity contribution in [3.05, 3.63) is 66.8 Å². The third-order valence-electron chi connectivity index (χ3n) is 5.66. The van der Waals surface area contributed by atoms with Crippen molar-refractivity contribution in [2.45, 2.75) is 31.7 Å². The molecule has 1 aliphatic heterocycles. The molecule has 0 saturated heterocycles. The van der Waals surface area contributed by atoms with Crippen LogP contribution >= 0.6 is 27.3 Å². The normalized spacial score (nSPS) is 16.7. The van der Waals surface area contributed by atoms with Gasteiger partial charge in [-0.15, -0.1) is 11.3 Å². The number of thiophene rings is 1. The molecule has 0 radical (unpaired) electrons. The molecule has 2 amide bonds. The van der Waals surface area contributed by atoms with Crippen molar-refractivity contribution in [2.75, 3.05) is 23.4 Å². The number of nitrogens with zero attached hydrogens (tertiary/aromatic N) is 2. The van der Waals surface area contributed by atoms with Crippen LogP contribution in [0.15, 0.2) is 46.2 Å². The smallest absolute Gasteiger partial charge is 0.262 e. The van der Waals surface area contributed by atoms with E-state index in [1.54, 1.807) is 35.2 Å². The van der Waals surface area contributed by atoms with Crippen LogP contribution in [-0.2, 0) is 9.53 Å². The molecule has 12 heteroatoms. The Balaban J connectivity index is 1.47. The summed E-state index contributed by atoms with van der Waals surface area (Å²) in [5.74, 6) is -0.300. The minimum Gasteiger partial charge on any atom is -0.495 e. The van der Waals surface area contributed by atoms with E-state index in [0.29, 0.717) is 36.6 Å². The van der Waals surface area contributed by atoms with Crippen molar-refractivity contribution in [1.82, 2.24) is 10.7 Å². The lowest BCUT2D eigenvalue weighted by Gasteiger charge is -2.40. The Morgan fingerprint density at radius 3 is 2.67 bits per heavy atom. The van der Waals surface area contributed by atoms with Crippen LogP contribution in [0, 0.1) is 17.0 Å². The van der Waals surface area contributed by atoms with E-state index < -0.39 is 10.6 Å². The predicted octanol–water partition coefficient (Wildman–Crippen LogP) is 3.53. The first-order chi connectivity index (χ1) is 15.8. The Labute approximate surface area is 202 Å². The highest BCUT2D eigenvalue weighted by atomic mass is 79.9. The number of hydrogen-bond donors (Lipinski definition) is 3. The van der Waals surface area contributed by atoms with E-state index in [0.717, 1.165) is 21.5 Å². The quantitative estimate of drug-likeness (QED) is 0.365. The van der Waals surface area contributed by atoms with Crippen LogP contribution < -0.4 is 21.0 Å². The van der Waals surface area contributed by atoms with Crippen molar-refractivity contribution < 1.29 is 19.4 Å². The zero-order chi connectivity index (χ0) is 23.6. The molecule has 0 bridgehead atoms. The van der Waals surface area contributed by atoms with Crippen LogP contribution in [0.3, 0.4) is 0 Å². The molecule has 2 aromatic rings. The van der Waals surface area contributed by atoms with Gasteiger partial charge >= 0.3 is 0 Å². The summed E-state index contributed by atoms with van der Waals surface area (Å²) in [4.78, 5) is 38.9. The molecule has 4 rings (SSSR count). The van der Waals surface area contributed by atoms with Crippen LogP contribution in [0.25, 0.3) is 0 Å². The van der Waals surface area contributed by atoms with Gasteiger partial charge in [-0.25, -0.2) is 10.1 Å². The molecule has 10 nitrogen and oxygen atoms in total. The molecule has 33 heavy (non-hydrogen) atoms. The van der Waals surface area contributed by atoms with Gasteiger partial charge in [-0.3, -0.25) is 9.59 Å². The van der Waals surface area contributed by atoms with E-state index >= 15 is 0 Å². The Kier molecular flexibility index (Phi) is 6.56. The standard InChI is InChI=1S/C21H22BrN5O5S/c1-13-11-14(3-4-15(13)26-9-10-32-12-18(26)25-27(30)31)23-20(29)21(7-2-8-21)24-19(28)16-5-6-17(22)33-16/h3-6,11-12,25H,2,7-10H2,1H3,(H,23,29)(H,24,28). The van der Waals surface area contributed by atoms with Crippen LogP contribution in [0.5, 0.6) is 0 Å². The first kappa shape index (κ1) is 23.1. The van der Waals surface area contributed by atoms with Crippen molar-refractivity contribution in [2.24, 2.45) is 0 Å². The van der Waals surface area contributed by atoms with Gasteiger partial charge in [0.25, 0.3) is 5.91 Å². The number of benzene rings is 1. The van der Waals surface area contributed by atoms with Crippen molar-refractivity contribution in [3.8, 4) is 0 Å². The molecule has 174 valence electrons. The van der Waals surface area contributed by atoms with E-state index in [4.69, 9.17) is 4.74 Å². The lowest BCUT2D eigenvalue weighted by molar-refractivity contribution is -0.536. The Bertz CT molecular complexity index is 1130. The number of hydrazine groups is 1. The van der Waals surface area contributed by atoms with Gasteiger partial charge in [-0.2, -0.15) is 0 Å². The second-order valence-corrected chi connectivity index (χ2v) is 10.3. The summed E-state index contributed by atoms with van der Waals surface area (Å²) in [6.07, 6.45) is 3.32. The van der Waals surface area contributed by atoms with Gasteiger partial charge in [0.15, 0.2) is 5.03 Å². The first-order valence-corrected chi connectivity index (χ1v) is 11.9. The molecule has 0 atom stereocenters. The Hall–Kier alpha value is -3.12. The summed E-state index contributed by atoms with van der Waals surface area (Å²) in [6.45, 7) is 2.69. The number of anilines is 2. The number of aryl methyl sites for hydroxylation is 1. The van der Waals surface area contributed by atoms with E-state index in [1.807, 2.05) is 6.92 Å². The number of halogens is 1. The average molecular weight is 536 g/mol. The zero-order valence-corrected chi connectivity index (χ0v) is 20.1. The molecule has 2 aliphatic rings. The number of amides is 2. The monoisotopic (exact) mass is 535 g/mol. The maximum absolute atomic E-state index is 13.1. The lowest BCUT2D eigenvalue weighted by atomic mass is 9.75. The first-order valence-electron chi connectivity index (χ1n) is 10.3. The fraction of sp³-hybridized carbons (Fsp3) is 0.333. The van der Waals surface area contributed by atoms with Gasteiger partial charge in [0.2, 0.25) is 11.7 Å². The van der Waals surface area contributed by atoms with Crippen molar-refractivity contribution >= 4 is 50.5 Å². The SMILES string of the molecule is Cc1cc(NC(=O)C2(NC(=O)c3ccc(Br)s3)CCC2)ccc1N1CCOC=C1N[N+](=O)[O-]. The highest BCUT2D eigenvalue weighted by Gasteiger charge is 2.45. The van der Waals surface area contributed by atoms with Gasteiger partial charge in [-0.1, -0.05) is 5.43 Å². The molecule has 1 fully saturated rings. The molecule has 1 aromatic heterocycles. The second kappa shape index (κ2) is 9.40. The molecule has 3 N–H and O–H groups in total. The fourth-order valence-corrected chi connectivity index (χ4v) is 5.12. The third-order valence-corrected chi connectivity index (χ3v) is 7.28. The summed E-state index contributed by atoms with van der Waals surface area (Å²) in [6, 6.07) is 8.86. The van der Waals surface area contributed by atoms with Gasteiger partial charge in [0, 0.05) is 11.4 Å². The molecule has 0 unspecified atom stereocenters. The topological polar surface area (TPSA) is 126 Å². The van der Waals surface area contributed by atoms with E-state index in [2.05, 4.69) is 32.0 Å². The maximum atomic E-state index is 13.1. The number of carbonyl (C=O) groups is 2. The van der Waals surface area contributed by atoms with Crippen LogP contribution in [0.4, 0.5) is 11.4 Å². The average Bonchev–Trinajstić information content (AvgIpc) is 3.17. The predicted molar refractivity (Wildman–Crippen MR) is 127 cm³/mol. The number of rotatable bonds is 7. The molecular weight excluding hydrogens is 514 g/mol. The van der Waals surface area contributed by atoms with E-state index in [9.17, 15) is 19.7 Å². The van der Waals surface area contributed by atoms with Crippen LogP contribution in [0.1, 0.15) is 34.5 Å². The zero-order valence-electron chi connectivity index (χ0n) is 17.7. The molecule has 1 aliphatic carbocycles. The summed E-state index contributed by atoms with van der Waals surface area (Å²) < 4.78 is 6.06. The third kappa shape index (κ3) is 4.96. The van der Waals surface area contributed by atoms with Crippen LogP contribution in [-0.4, -0.2) is 35.5 Å². The van der Waals surface area contributed by atoms with Crippen LogP contribution in [0.2, 0.25) is 0 Å². The van der Waals surface area contributed by atoms with Gasteiger partial charge in [0.05, 0.1) is 15.2 Å².